The third-order valence-corrected chi connectivity index (χ3v) is 2.40. The summed E-state index contributed by atoms with van der Waals surface area (Å²) >= 11 is 0. The van der Waals surface area contributed by atoms with Crippen LogP contribution in [-0.4, -0.2) is 26.6 Å². The van der Waals surface area contributed by atoms with Crippen LogP contribution < -0.4 is 0 Å². The first-order valence-electron chi connectivity index (χ1n) is 4.65. The molecule has 0 spiro atoms. The number of carboxylic acids is 1. The summed E-state index contributed by atoms with van der Waals surface area (Å²) in [5, 5.41) is 12.9. The van der Waals surface area contributed by atoms with E-state index in [4.69, 9.17) is 5.11 Å². The number of carboxylic acid groups (broad SMARTS) is 1. The molecule has 0 aromatic carbocycles. The maximum atomic E-state index is 11.3. The van der Waals surface area contributed by atoms with Crippen LogP contribution in [0.3, 0.4) is 0 Å². The fourth-order valence-electron chi connectivity index (χ4n) is 1.65. The van der Waals surface area contributed by atoms with Gasteiger partial charge in [0.1, 0.15) is 6.04 Å². The summed E-state index contributed by atoms with van der Waals surface area (Å²) in [6, 6.07) is -0.753. The van der Waals surface area contributed by atoms with Crippen molar-refractivity contribution in [2.45, 2.75) is 33.7 Å². The van der Waals surface area contributed by atoms with Gasteiger partial charge >= 0.3 is 5.97 Å². The predicted molar refractivity (Wildman–Crippen MR) is 54.1 cm³/mol. The Hall–Kier alpha value is -1.65. The molecule has 1 rings (SSSR count). The first kappa shape index (κ1) is 11.4. The topological polar surface area (TPSA) is 72.2 Å². The molecule has 0 bridgehead atoms. The largest absolute Gasteiger partial charge is 0.480 e. The van der Waals surface area contributed by atoms with Crippen molar-refractivity contribution in [1.29, 1.82) is 0 Å². The van der Waals surface area contributed by atoms with Gasteiger partial charge in [-0.05, 0) is 27.7 Å². The molecular formula is C10H14N2O3. The molecule has 0 saturated heterocycles. The molecule has 1 aromatic rings. The third-order valence-electron chi connectivity index (χ3n) is 2.40. The molecule has 1 heterocycles. The summed E-state index contributed by atoms with van der Waals surface area (Å²) in [6.45, 7) is 6.39. The van der Waals surface area contributed by atoms with Gasteiger partial charge in [-0.2, -0.15) is 5.10 Å². The Morgan fingerprint density at radius 1 is 1.40 bits per heavy atom. The van der Waals surface area contributed by atoms with E-state index in [1.165, 1.54) is 18.5 Å². The van der Waals surface area contributed by atoms with Crippen molar-refractivity contribution in [1.82, 2.24) is 9.78 Å². The lowest BCUT2D eigenvalue weighted by Crippen LogP contribution is -2.18. The van der Waals surface area contributed by atoms with Gasteiger partial charge in [-0.15, -0.1) is 0 Å². The Balaban J connectivity index is 3.29. The third kappa shape index (κ3) is 1.91. The Bertz CT molecular complexity index is 421. The highest BCUT2D eigenvalue weighted by Gasteiger charge is 2.21. The zero-order chi connectivity index (χ0) is 11.7. The van der Waals surface area contributed by atoms with Crippen LogP contribution in [0.4, 0.5) is 0 Å². The van der Waals surface area contributed by atoms with Crippen molar-refractivity contribution in [2.24, 2.45) is 0 Å². The molecule has 1 N–H and O–H groups in total. The highest BCUT2D eigenvalue weighted by molar-refractivity contribution is 5.96. The van der Waals surface area contributed by atoms with Crippen molar-refractivity contribution in [2.75, 3.05) is 0 Å². The second-order valence-electron chi connectivity index (χ2n) is 3.56. The molecule has 0 fully saturated rings. The average Bonchev–Trinajstić information content (AvgIpc) is 2.40. The van der Waals surface area contributed by atoms with E-state index in [0.29, 0.717) is 17.0 Å². The molecular weight excluding hydrogens is 196 g/mol. The highest BCUT2D eigenvalue weighted by Crippen LogP contribution is 2.17. The van der Waals surface area contributed by atoms with E-state index in [0.717, 1.165) is 0 Å². The van der Waals surface area contributed by atoms with Crippen LogP contribution in [0.2, 0.25) is 0 Å². The summed E-state index contributed by atoms with van der Waals surface area (Å²) in [4.78, 5) is 22.1. The predicted octanol–water partition coefficient (Wildman–Crippen LogP) is 1.35. The van der Waals surface area contributed by atoms with Crippen LogP contribution in [0, 0.1) is 13.8 Å². The molecule has 0 amide bonds. The second kappa shape index (κ2) is 3.84. The molecule has 15 heavy (non-hydrogen) atoms. The molecule has 0 radical (unpaired) electrons. The van der Waals surface area contributed by atoms with Gasteiger partial charge in [0.05, 0.1) is 11.3 Å². The Morgan fingerprint density at radius 3 is 2.27 bits per heavy atom. The number of carbonyl (C=O) groups is 2. The zero-order valence-corrected chi connectivity index (χ0v) is 9.24. The van der Waals surface area contributed by atoms with Crippen molar-refractivity contribution in [3.8, 4) is 0 Å². The minimum absolute atomic E-state index is 0.0890. The number of hydrogen-bond acceptors (Lipinski definition) is 3. The first-order chi connectivity index (χ1) is 6.86. The van der Waals surface area contributed by atoms with E-state index in [9.17, 15) is 9.59 Å². The minimum Gasteiger partial charge on any atom is -0.480 e. The summed E-state index contributed by atoms with van der Waals surface area (Å²) < 4.78 is 1.37. The number of hydrogen-bond donors (Lipinski definition) is 1. The van der Waals surface area contributed by atoms with Crippen molar-refractivity contribution < 1.29 is 14.7 Å². The van der Waals surface area contributed by atoms with E-state index < -0.39 is 12.0 Å². The van der Waals surface area contributed by atoms with Crippen LogP contribution in [0.15, 0.2) is 0 Å². The smallest absolute Gasteiger partial charge is 0.328 e. The number of aliphatic carboxylic acids is 1. The number of carbonyl (C=O) groups excluding carboxylic acids is 1. The van der Waals surface area contributed by atoms with Gasteiger partial charge in [-0.1, -0.05) is 0 Å². The molecule has 0 aliphatic heterocycles. The Kier molecular flexibility index (Phi) is 2.93. The molecule has 1 unspecified atom stereocenters. The number of aromatic nitrogens is 2. The number of ketones is 1. The quantitative estimate of drug-likeness (QED) is 0.764. The lowest BCUT2D eigenvalue weighted by Gasteiger charge is -2.08. The molecule has 0 aliphatic rings. The van der Waals surface area contributed by atoms with Crippen LogP contribution in [0.25, 0.3) is 0 Å². The van der Waals surface area contributed by atoms with E-state index in [1.807, 2.05) is 0 Å². The molecule has 1 aromatic heterocycles. The SMILES string of the molecule is CC(=O)c1c(C)nn(C(C)C(=O)O)c1C. The average molecular weight is 210 g/mol. The first-order valence-corrected chi connectivity index (χ1v) is 4.65. The molecule has 0 saturated carbocycles. The van der Waals surface area contributed by atoms with Gasteiger partial charge in [0.2, 0.25) is 0 Å². The number of aryl methyl sites for hydroxylation is 1. The standard InChI is InChI=1S/C10H14N2O3/c1-5-9(8(4)13)6(2)12(11-5)7(3)10(14)15/h7H,1-4H3,(H,14,15). The van der Waals surface area contributed by atoms with E-state index in [2.05, 4.69) is 5.10 Å². The maximum absolute atomic E-state index is 11.3. The van der Waals surface area contributed by atoms with Gasteiger partial charge in [0, 0.05) is 5.69 Å². The molecule has 1 atom stereocenters. The minimum atomic E-state index is -0.962. The van der Waals surface area contributed by atoms with Crippen LogP contribution in [-0.2, 0) is 4.79 Å². The highest BCUT2D eigenvalue weighted by atomic mass is 16.4. The van der Waals surface area contributed by atoms with Gasteiger partial charge in [0.25, 0.3) is 0 Å². The van der Waals surface area contributed by atoms with Gasteiger partial charge in [0.15, 0.2) is 5.78 Å². The normalized spacial score (nSPS) is 12.5. The molecule has 5 nitrogen and oxygen atoms in total. The lowest BCUT2D eigenvalue weighted by molar-refractivity contribution is -0.140. The Morgan fingerprint density at radius 2 is 1.93 bits per heavy atom. The van der Waals surface area contributed by atoms with Crippen LogP contribution in [0.5, 0.6) is 0 Å². The van der Waals surface area contributed by atoms with E-state index in [1.54, 1.807) is 13.8 Å². The van der Waals surface area contributed by atoms with Gasteiger partial charge in [-0.3, -0.25) is 9.48 Å². The fourth-order valence-corrected chi connectivity index (χ4v) is 1.65. The van der Waals surface area contributed by atoms with E-state index >= 15 is 0 Å². The lowest BCUT2D eigenvalue weighted by atomic mass is 10.1. The number of rotatable bonds is 3. The van der Waals surface area contributed by atoms with Crippen LogP contribution in [0.1, 0.15) is 41.6 Å². The Labute approximate surface area is 87.7 Å². The van der Waals surface area contributed by atoms with Crippen LogP contribution >= 0.6 is 0 Å². The second-order valence-corrected chi connectivity index (χ2v) is 3.56. The summed E-state index contributed by atoms with van der Waals surface area (Å²) in [5.41, 5.74) is 1.70. The number of nitrogens with zero attached hydrogens (tertiary/aromatic N) is 2. The summed E-state index contributed by atoms with van der Waals surface area (Å²) in [5.74, 6) is -1.05. The monoisotopic (exact) mass is 210 g/mol. The summed E-state index contributed by atoms with van der Waals surface area (Å²) in [6.07, 6.45) is 0. The summed E-state index contributed by atoms with van der Waals surface area (Å²) in [7, 11) is 0. The zero-order valence-electron chi connectivity index (χ0n) is 9.24. The fraction of sp³-hybridized carbons (Fsp3) is 0.500. The number of Topliss-reactive ketones (excluding diaryl/α,β-unsaturated/α-hetero) is 1. The molecule has 5 heteroatoms. The van der Waals surface area contributed by atoms with Crippen molar-refractivity contribution in [3.63, 3.8) is 0 Å². The van der Waals surface area contributed by atoms with E-state index in [-0.39, 0.29) is 5.78 Å². The van der Waals surface area contributed by atoms with Gasteiger partial charge in [-0.25, -0.2) is 4.79 Å². The van der Waals surface area contributed by atoms with Gasteiger partial charge < -0.3 is 5.11 Å². The van der Waals surface area contributed by atoms with Crippen molar-refractivity contribution >= 4 is 11.8 Å². The molecule has 82 valence electrons. The van der Waals surface area contributed by atoms with Crippen molar-refractivity contribution in [3.05, 3.63) is 17.0 Å². The molecule has 0 aliphatic carbocycles. The maximum Gasteiger partial charge on any atom is 0.328 e.